The van der Waals surface area contributed by atoms with E-state index in [0.29, 0.717) is 16.8 Å². The van der Waals surface area contributed by atoms with Crippen molar-refractivity contribution in [3.63, 3.8) is 0 Å². The van der Waals surface area contributed by atoms with Crippen LogP contribution < -0.4 is 5.73 Å². The number of halogens is 2. The van der Waals surface area contributed by atoms with E-state index in [0.717, 1.165) is 12.1 Å². The van der Waals surface area contributed by atoms with Gasteiger partial charge in [-0.25, -0.2) is 13.8 Å². The van der Waals surface area contributed by atoms with Crippen molar-refractivity contribution in [3.05, 3.63) is 48.0 Å². The molecule has 0 amide bonds. The zero-order valence-corrected chi connectivity index (χ0v) is 9.15. The first-order valence-corrected chi connectivity index (χ1v) is 5.25. The van der Waals surface area contributed by atoms with E-state index >= 15 is 0 Å². The second-order valence-electron chi connectivity index (χ2n) is 3.84. The average Bonchev–Trinajstić information content (AvgIpc) is 2.71. The number of oxazole rings is 1. The summed E-state index contributed by atoms with van der Waals surface area (Å²) < 4.78 is 32.5. The number of fused-ring (bicyclic) bond motifs is 1. The second-order valence-corrected chi connectivity index (χ2v) is 3.84. The van der Waals surface area contributed by atoms with Crippen LogP contribution in [0.1, 0.15) is 0 Å². The van der Waals surface area contributed by atoms with E-state index in [1.54, 1.807) is 18.2 Å². The minimum atomic E-state index is -0.713. The first-order chi connectivity index (χ1) is 8.65. The maximum atomic E-state index is 13.6. The van der Waals surface area contributed by atoms with E-state index in [1.165, 1.54) is 6.07 Å². The fourth-order valence-corrected chi connectivity index (χ4v) is 1.75. The summed E-state index contributed by atoms with van der Waals surface area (Å²) in [5.74, 6) is -1.52. The van der Waals surface area contributed by atoms with E-state index in [2.05, 4.69) is 4.98 Å². The van der Waals surface area contributed by atoms with E-state index in [-0.39, 0.29) is 11.5 Å². The molecule has 0 saturated heterocycles. The van der Waals surface area contributed by atoms with Gasteiger partial charge in [0.25, 0.3) is 0 Å². The van der Waals surface area contributed by atoms with Gasteiger partial charge in [0.05, 0.1) is 0 Å². The summed E-state index contributed by atoms with van der Waals surface area (Å²) >= 11 is 0. The van der Waals surface area contributed by atoms with Gasteiger partial charge in [-0.1, -0.05) is 6.07 Å². The lowest BCUT2D eigenvalue weighted by Crippen LogP contribution is -1.89. The van der Waals surface area contributed by atoms with Crippen molar-refractivity contribution in [1.82, 2.24) is 4.98 Å². The van der Waals surface area contributed by atoms with Crippen LogP contribution in [0.5, 0.6) is 0 Å². The molecule has 0 radical (unpaired) electrons. The lowest BCUT2D eigenvalue weighted by molar-refractivity contribution is 0.561. The number of nitrogens with two attached hydrogens (primary N) is 1. The number of nitrogen functional groups attached to an aromatic ring is 1. The van der Waals surface area contributed by atoms with Gasteiger partial charge in [-0.2, -0.15) is 0 Å². The Morgan fingerprint density at radius 2 is 1.78 bits per heavy atom. The molecule has 0 aliphatic rings. The van der Waals surface area contributed by atoms with Crippen LogP contribution in [-0.2, 0) is 0 Å². The third kappa shape index (κ3) is 1.60. The molecule has 1 heterocycles. The van der Waals surface area contributed by atoms with Crippen LogP contribution in [0.2, 0.25) is 0 Å². The summed E-state index contributed by atoms with van der Waals surface area (Å²) in [6.07, 6.45) is 0. The molecule has 0 spiro atoms. The number of aromatic nitrogens is 1. The Labute approximate surface area is 101 Å². The number of anilines is 1. The number of hydrogen-bond acceptors (Lipinski definition) is 3. The Hall–Kier alpha value is -2.43. The molecule has 90 valence electrons. The van der Waals surface area contributed by atoms with Gasteiger partial charge in [-0.15, -0.1) is 0 Å². The summed E-state index contributed by atoms with van der Waals surface area (Å²) in [5.41, 5.74) is 6.72. The van der Waals surface area contributed by atoms with Crippen LogP contribution in [-0.4, -0.2) is 4.98 Å². The summed E-state index contributed by atoms with van der Waals surface area (Å²) in [7, 11) is 0. The third-order valence-electron chi connectivity index (χ3n) is 2.59. The predicted molar refractivity (Wildman–Crippen MR) is 63.8 cm³/mol. The predicted octanol–water partition coefficient (Wildman–Crippen LogP) is 3.36. The fourth-order valence-electron chi connectivity index (χ4n) is 1.75. The van der Waals surface area contributed by atoms with Crippen LogP contribution in [0.15, 0.2) is 40.8 Å². The summed E-state index contributed by atoms with van der Waals surface area (Å²) in [6, 6.07) is 8.44. The normalized spacial score (nSPS) is 11.0. The van der Waals surface area contributed by atoms with Crippen LogP contribution in [0.25, 0.3) is 22.6 Å². The van der Waals surface area contributed by atoms with Gasteiger partial charge in [0.2, 0.25) is 5.89 Å². The highest BCUT2D eigenvalue weighted by Gasteiger charge is 2.17. The van der Waals surface area contributed by atoms with Crippen molar-refractivity contribution in [3.8, 4) is 11.5 Å². The van der Waals surface area contributed by atoms with Crippen molar-refractivity contribution >= 4 is 16.8 Å². The zero-order chi connectivity index (χ0) is 12.7. The molecule has 0 aliphatic heterocycles. The van der Waals surface area contributed by atoms with Crippen LogP contribution >= 0.6 is 0 Å². The average molecular weight is 246 g/mol. The van der Waals surface area contributed by atoms with Gasteiger partial charge >= 0.3 is 0 Å². The topological polar surface area (TPSA) is 52.0 Å². The van der Waals surface area contributed by atoms with E-state index in [1.807, 2.05) is 0 Å². The minimum Gasteiger partial charge on any atom is -0.436 e. The maximum absolute atomic E-state index is 13.6. The molecule has 3 nitrogen and oxygen atoms in total. The fraction of sp³-hybridized carbons (Fsp3) is 0. The molecule has 0 unspecified atom stereocenters. The molecule has 0 bridgehead atoms. The van der Waals surface area contributed by atoms with E-state index in [4.69, 9.17) is 10.2 Å². The SMILES string of the molecule is Nc1ccc2nc(-c3c(F)cccc3F)oc2c1. The van der Waals surface area contributed by atoms with Gasteiger partial charge in [0, 0.05) is 11.8 Å². The molecule has 18 heavy (non-hydrogen) atoms. The highest BCUT2D eigenvalue weighted by atomic mass is 19.1. The van der Waals surface area contributed by atoms with Crippen molar-refractivity contribution in [2.45, 2.75) is 0 Å². The van der Waals surface area contributed by atoms with Crippen molar-refractivity contribution in [2.75, 3.05) is 5.73 Å². The second kappa shape index (κ2) is 3.80. The maximum Gasteiger partial charge on any atom is 0.233 e. The van der Waals surface area contributed by atoms with Crippen molar-refractivity contribution in [2.24, 2.45) is 0 Å². The molecular formula is C13H8F2N2O. The van der Waals surface area contributed by atoms with Crippen LogP contribution in [0, 0.1) is 11.6 Å². The molecule has 2 N–H and O–H groups in total. The van der Waals surface area contributed by atoms with Gasteiger partial charge in [0.1, 0.15) is 22.7 Å². The Balaban J connectivity index is 2.26. The standard InChI is InChI=1S/C13H8F2N2O/c14-8-2-1-3-9(15)12(8)13-17-10-5-4-7(16)6-11(10)18-13/h1-6H,16H2. The number of benzene rings is 2. The van der Waals surface area contributed by atoms with Gasteiger partial charge < -0.3 is 10.2 Å². The van der Waals surface area contributed by atoms with Gasteiger partial charge in [0.15, 0.2) is 5.58 Å². The highest BCUT2D eigenvalue weighted by Crippen LogP contribution is 2.29. The highest BCUT2D eigenvalue weighted by molar-refractivity contribution is 5.79. The van der Waals surface area contributed by atoms with Crippen molar-refractivity contribution in [1.29, 1.82) is 0 Å². The van der Waals surface area contributed by atoms with E-state index in [9.17, 15) is 8.78 Å². The van der Waals surface area contributed by atoms with Crippen LogP contribution in [0.3, 0.4) is 0 Å². The zero-order valence-electron chi connectivity index (χ0n) is 9.15. The summed E-state index contributed by atoms with van der Waals surface area (Å²) in [4.78, 5) is 4.04. The molecule has 2 aromatic carbocycles. The minimum absolute atomic E-state index is 0.0915. The Kier molecular flexibility index (Phi) is 2.26. The smallest absolute Gasteiger partial charge is 0.233 e. The Morgan fingerprint density at radius 3 is 2.50 bits per heavy atom. The monoisotopic (exact) mass is 246 g/mol. The largest absolute Gasteiger partial charge is 0.436 e. The summed E-state index contributed by atoms with van der Waals surface area (Å²) in [5, 5.41) is 0. The molecule has 0 aliphatic carbocycles. The molecule has 0 atom stereocenters. The van der Waals surface area contributed by atoms with Crippen LogP contribution in [0.4, 0.5) is 14.5 Å². The quantitative estimate of drug-likeness (QED) is 0.670. The Morgan fingerprint density at radius 1 is 1.06 bits per heavy atom. The summed E-state index contributed by atoms with van der Waals surface area (Å²) in [6.45, 7) is 0. The van der Waals surface area contributed by atoms with Crippen molar-refractivity contribution < 1.29 is 13.2 Å². The first-order valence-electron chi connectivity index (χ1n) is 5.25. The lowest BCUT2D eigenvalue weighted by Gasteiger charge is -1.98. The molecule has 3 rings (SSSR count). The molecule has 3 aromatic rings. The third-order valence-corrected chi connectivity index (χ3v) is 2.59. The number of rotatable bonds is 1. The number of nitrogens with zero attached hydrogens (tertiary/aromatic N) is 1. The molecule has 0 saturated carbocycles. The van der Waals surface area contributed by atoms with Gasteiger partial charge in [-0.05, 0) is 24.3 Å². The molecule has 0 fully saturated rings. The van der Waals surface area contributed by atoms with E-state index < -0.39 is 11.6 Å². The number of hydrogen-bond donors (Lipinski definition) is 1. The Bertz CT molecular complexity index is 717. The molecule has 5 heteroatoms. The molecular weight excluding hydrogens is 238 g/mol. The lowest BCUT2D eigenvalue weighted by atomic mass is 10.2. The van der Waals surface area contributed by atoms with Gasteiger partial charge in [-0.3, -0.25) is 0 Å². The molecule has 1 aromatic heterocycles. The first kappa shape index (κ1) is 10.7.